The third kappa shape index (κ3) is 3.63. The molecule has 6 heteroatoms. The van der Waals surface area contributed by atoms with Crippen LogP contribution in [0, 0.1) is 0 Å². The number of primary amides is 1. The van der Waals surface area contributed by atoms with E-state index in [2.05, 4.69) is 0 Å². The number of benzene rings is 1. The van der Waals surface area contributed by atoms with Gasteiger partial charge in [-0.05, 0) is 32.0 Å². The quantitative estimate of drug-likeness (QED) is 0.774. The Balaban J connectivity index is 3.06. The first-order valence-electron chi connectivity index (χ1n) is 6.40. The molecule has 1 aromatic rings. The fraction of sp³-hybridized carbons (Fsp3) is 0.429. The van der Waals surface area contributed by atoms with Gasteiger partial charge in [-0.25, -0.2) is 0 Å². The molecule has 0 saturated carbocycles. The molecule has 110 valence electrons. The van der Waals surface area contributed by atoms with Crippen molar-refractivity contribution in [3.63, 3.8) is 0 Å². The standard InChI is InChI=1S/C14H22N4O2/c1-9(2)18(8-13(16)19)14(20)10-5-6-12(17(3)4)11(15)7-10/h5-7,9H,8,15H2,1-4H3,(H2,16,19). The van der Waals surface area contributed by atoms with Gasteiger partial charge in [0.15, 0.2) is 0 Å². The highest BCUT2D eigenvalue weighted by Gasteiger charge is 2.21. The summed E-state index contributed by atoms with van der Waals surface area (Å²) >= 11 is 0. The summed E-state index contributed by atoms with van der Waals surface area (Å²) in [6.07, 6.45) is 0. The Morgan fingerprint density at radius 1 is 1.25 bits per heavy atom. The second-order valence-electron chi connectivity index (χ2n) is 5.16. The maximum absolute atomic E-state index is 12.4. The second-order valence-corrected chi connectivity index (χ2v) is 5.16. The highest BCUT2D eigenvalue weighted by atomic mass is 16.2. The van der Waals surface area contributed by atoms with Crippen molar-refractivity contribution >= 4 is 23.2 Å². The van der Waals surface area contributed by atoms with E-state index in [-0.39, 0.29) is 18.5 Å². The number of nitrogens with two attached hydrogens (primary N) is 2. The number of carbonyl (C=O) groups is 2. The third-order valence-electron chi connectivity index (χ3n) is 2.97. The van der Waals surface area contributed by atoms with Crippen LogP contribution in [0.3, 0.4) is 0 Å². The lowest BCUT2D eigenvalue weighted by Gasteiger charge is -2.26. The van der Waals surface area contributed by atoms with Gasteiger partial charge in [0.25, 0.3) is 5.91 Å². The molecular weight excluding hydrogens is 256 g/mol. The molecule has 0 bridgehead atoms. The average Bonchev–Trinajstić information content (AvgIpc) is 2.34. The minimum absolute atomic E-state index is 0.105. The number of amides is 2. The number of hydrogen-bond acceptors (Lipinski definition) is 4. The molecule has 0 unspecified atom stereocenters. The van der Waals surface area contributed by atoms with Crippen LogP contribution in [0.15, 0.2) is 18.2 Å². The largest absolute Gasteiger partial charge is 0.397 e. The maximum Gasteiger partial charge on any atom is 0.254 e. The zero-order chi connectivity index (χ0) is 15.4. The molecule has 0 aromatic heterocycles. The summed E-state index contributed by atoms with van der Waals surface area (Å²) in [5.41, 5.74) is 12.9. The monoisotopic (exact) mass is 278 g/mol. The minimum Gasteiger partial charge on any atom is -0.397 e. The summed E-state index contributed by atoms with van der Waals surface area (Å²) in [5, 5.41) is 0. The molecule has 0 spiro atoms. The van der Waals surface area contributed by atoms with Gasteiger partial charge in [0, 0.05) is 25.7 Å². The summed E-state index contributed by atoms with van der Waals surface area (Å²) < 4.78 is 0. The van der Waals surface area contributed by atoms with Crippen molar-refractivity contribution in [2.24, 2.45) is 5.73 Å². The smallest absolute Gasteiger partial charge is 0.254 e. The van der Waals surface area contributed by atoms with E-state index in [4.69, 9.17) is 11.5 Å². The summed E-state index contributed by atoms with van der Waals surface area (Å²) in [4.78, 5) is 26.8. The predicted octanol–water partition coefficient (Wildman–Crippen LogP) is 0.671. The lowest BCUT2D eigenvalue weighted by molar-refractivity contribution is -0.119. The Morgan fingerprint density at radius 3 is 2.25 bits per heavy atom. The van der Waals surface area contributed by atoms with Crippen LogP contribution >= 0.6 is 0 Å². The molecule has 4 N–H and O–H groups in total. The van der Waals surface area contributed by atoms with Crippen LogP contribution in [0.5, 0.6) is 0 Å². The number of rotatable bonds is 5. The number of carbonyl (C=O) groups excluding carboxylic acids is 2. The van der Waals surface area contributed by atoms with Crippen LogP contribution in [-0.2, 0) is 4.79 Å². The van der Waals surface area contributed by atoms with Crippen molar-refractivity contribution in [1.82, 2.24) is 4.90 Å². The van der Waals surface area contributed by atoms with Gasteiger partial charge in [-0.1, -0.05) is 0 Å². The molecule has 1 rings (SSSR count). The Labute approximate surface area is 119 Å². The van der Waals surface area contributed by atoms with Crippen molar-refractivity contribution in [3.8, 4) is 0 Å². The first kappa shape index (κ1) is 15.8. The van der Waals surface area contributed by atoms with Crippen LogP contribution in [0.2, 0.25) is 0 Å². The maximum atomic E-state index is 12.4. The Kier molecular flexibility index (Phi) is 4.96. The average molecular weight is 278 g/mol. The predicted molar refractivity (Wildman–Crippen MR) is 80.5 cm³/mol. The molecule has 1 aromatic carbocycles. The summed E-state index contributed by atoms with van der Waals surface area (Å²) in [7, 11) is 3.75. The van der Waals surface area contributed by atoms with Crippen LogP contribution in [0.4, 0.5) is 11.4 Å². The van der Waals surface area contributed by atoms with Gasteiger partial charge in [0.1, 0.15) is 0 Å². The molecule has 0 radical (unpaired) electrons. The van der Waals surface area contributed by atoms with E-state index in [1.165, 1.54) is 4.90 Å². The Bertz CT molecular complexity index is 512. The molecular formula is C14H22N4O2. The fourth-order valence-electron chi connectivity index (χ4n) is 1.92. The van der Waals surface area contributed by atoms with E-state index in [0.717, 1.165) is 5.69 Å². The normalized spacial score (nSPS) is 10.4. The zero-order valence-electron chi connectivity index (χ0n) is 12.4. The molecule has 6 nitrogen and oxygen atoms in total. The summed E-state index contributed by atoms with van der Waals surface area (Å²) in [6, 6.07) is 4.98. The fourth-order valence-corrected chi connectivity index (χ4v) is 1.92. The van der Waals surface area contributed by atoms with Gasteiger partial charge in [-0.3, -0.25) is 9.59 Å². The van der Waals surface area contributed by atoms with Crippen LogP contribution in [0.1, 0.15) is 24.2 Å². The van der Waals surface area contributed by atoms with Gasteiger partial charge in [-0.15, -0.1) is 0 Å². The number of nitrogen functional groups attached to an aromatic ring is 1. The van der Waals surface area contributed by atoms with Crippen LogP contribution in [-0.4, -0.2) is 43.4 Å². The Hall–Kier alpha value is -2.24. The number of nitrogens with zero attached hydrogens (tertiary/aromatic N) is 2. The second kappa shape index (κ2) is 6.27. The molecule has 0 fully saturated rings. The van der Waals surface area contributed by atoms with Crippen LogP contribution < -0.4 is 16.4 Å². The lowest BCUT2D eigenvalue weighted by atomic mass is 10.1. The first-order chi connectivity index (χ1) is 9.23. The molecule has 0 aliphatic heterocycles. The number of anilines is 2. The van der Waals surface area contributed by atoms with Gasteiger partial charge in [0.05, 0.1) is 17.9 Å². The Morgan fingerprint density at radius 2 is 1.85 bits per heavy atom. The van der Waals surface area contributed by atoms with Gasteiger partial charge in [0.2, 0.25) is 5.91 Å². The molecule has 20 heavy (non-hydrogen) atoms. The van der Waals surface area contributed by atoms with Gasteiger partial charge < -0.3 is 21.3 Å². The van der Waals surface area contributed by atoms with Crippen molar-refractivity contribution in [3.05, 3.63) is 23.8 Å². The zero-order valence-corrected chi connectivity index (χ0v) is 12.4. The minimum atomic E-state index is -0.537. The van der Waals surface area contributed by atoms with Crippen molar-refractivity contribution < 1.29 is 9.59 Å². The lowest BCUT2D eigenvalue weighted by Crippen LogP contribution is -2.42. The number of hydrogen-bond donors (Lipinski definition) is 2. The van der Waals surface area contributed by atoms with E-state index in [1.807, 2.05) is 32.8 Å². The van der Waals surface area contributed by atoms with E-state index < -0.39 is 5.91 Å². The first-order valence-corrected chi connectivity index (χ1v) is 6.40. The third-order valence-corrected chi connectivity index (χ3v) is 2.97. The topological polar surface area (TPSA) is 92.7 Å². The summed E-state index contributed by atoms with van der Waals surface area (Å²) in [5.74, 6) is -0.791. The van der Waals surface area contributed by atoms with Crippen molar-refractivity contribution in [1.29, 1.82) is 0 Å². The van der Waals surface area contributed by atoms with E-state index in [9.17, 15) is 9.59 Å². The van der Waals surface area contributed by atoms with E-state index in [1.54, 1.807) is 18.2 Å². The highest BCUT2D eigenvalue weighted by Crippen LogP contribution is 2.23. The van der Waals surface area contributed by atoms with E-state index >= 15 is 0 Å². The molecule has 0 heterocycles. The van der Waals surface area contributed by atoms with E-state index in [0.29, 0.717) is 11.3 Å². The van der Waals surface area contributed by atoms with Crippen molar-refractivity contribution in [2.45, 2.75) is 19.9 Å². The molecule has 0 aliphatic carbocycles. The highest BCUT2D eigenvalue weighted by molar-refractivity contribution is 5.98. The van der Waals surface area contributed by atoms with Gasteiger partial charge in [-0.2, -0.15) is 0 Å². The summed E-state index contributed by atoms with van der Waals surface area (Å²) in [6.45, 7) is 3.56. The molecule has 0 atom stereocenters. The molecule has 0 aliphatic rings. The SMILES string of the molecule is CC(C)N(CC(N)=O)C(=O)c1ccc(N(C)C)c(N)c1. The van der Waals surface area contributed by atoms with Gasteiger partial charge >= 0.3 is 0 Å². The molecule has 2 amide bonds. The van der Waals surface area contributed by atoms with Crippen LogP contribution in [0.25, 0.3) is 0 Å². The van der Waals surface area contributed by atoms with Crippen molar-refractivity contribution in [2.75, 3.05) is 31.3 Å². The molecule has 0 saturated heterocycles.